The van der Waals surface area contributed by atoms with E-state index in [2.05, 4.69) is 44.0 Å². The quantitative estimate of drug-likeness (QED) is 0.574. The maximum absolute atomic E-state index is 9.62. The van der Waals surface area contributed by atoms with Crippen molar-refractivity contribution < 1.29 is 9.84 Å². The molecule has 9 nitrogen and oxygen atoms in total. The van der Waals surface area contributed by atoms with Crippen LogP contribution < -0.4 is 10.2 Å². The highest BCUT2D eigenvalue weighted by Gasteiger charge is 2.29. The second kappa shape index (κ2) is 8.71. The zero-order valence-electron chi connectivity index (χ0n) is 17.3. The van der Waals surface area contributed by atoms with Crippen molar-refractivity contribution in [3.8, 4) is 0 Å². The van der Waals surface area contributed by atoms with Gasteiger partial charge < -0.3 is 24.6 Å². The molecule has 1 fully saturated rings. The molecule has 0 aliphatic carbocycles. The molecule has 3 aromatic heterocycles. The van der Waals surface area contributed by atoms with E-state index in [1.54, 1.807) is 25.6 Å². The third-order valence-corrected chi connectivity index (χ3v) is 5.69. The molecule has 4 heterocycles. The standard InChI is InChI=1S/C20H26ClN7O2/c1-12(2)28-15-8-18(23-9-14(15)24-19(28)11-29)25-17-4-6-22-20(26-17)27-7-5-16(30-3)13(21)10-27/h4,6,8-9,12-13,16,29H,5,7,10-11H2,1-3H3,(H,22,23,25,26)/t13-,16+/m0/s1. The second-order valence-corrected chi connectivity index (χ2v) is 8.16. The van der Waals surface area contributed by atoms with E-state index in [1.165, 1.54) is 0 Å². The summed E-state index contributed by atoms with van der Waals surface area (Å²) >= 11 is 6.43. The first-order chi connectivity index (χ1) is 14.5. The van der Waals surface area contributed by atoms with Gasteiger partial charge in [-0.2, -0.15) is 4.98 Å². The molecule has 10 heteroatoms. The monoisotopic (exact) mass is 431 g/mol. The van der Waals surface area contributed by atoms with Crippen molar-refractivity contribution in [1.82, 2.24) is 24.5 Å². The maximum Gasteiger partial charge on any atom is 0.227 e. The SMILES string of the molecule is CO[C@@H]1CCN(c2nccc(Nc3cc4c(cn3)nc(CO)n4C(C)C)n2)C[C@@H]1Cl. The Hall–Kier alpha value is -2.49. The van der Waals surface area contributed by atoms with Crippen molar-refractivity contribution in [3.05, 3.63) is 30.4 Å². The topological polar surface area (TPSA) is 101 Å². The number of aromatic nitrogens is 5. The summed E-state index contributed by atoms with van der Waals surface area (Å²) in [5, 5.41) is 12.8. The summed E-state index contributed by atoms with van der Waals surface area (Å²) in [6.07, 6.45) is 4.30. The molecule has 4 rings (SSSR count). The highest BCUT2D eigenvalue weighted by molar-refractivity contribution is 6.21. The van der Waals surface area contributed by atoms with E-state index >= 15 is 0 Å². The fourth-order valence-electron chi connectivity index (χ4n) is 3.84. The largest absolute Gasteiger partial charge is 0.388 e. The molecule has 0 unspecified atom stereocenters. The minimum absolute atomic E-state index is 0.0507. The van der Waals surface area contributed by atoms with Crippen LogP contribution >= 0.6 is 11.6 Å². The summed E-state index contributed by atoms with van der Waals surface area (Å²) in [5.74, 6) is 2.53. The van der Waals surface area contributed by atoms with Crippen molar-refractivity contribution >= 4 is 40.2 Å². The first-order valence-electron chi connectivity index (χ1n) is 9.99. The number of piperidine rings is 1. The number of ether oxygens (including phenoxy) is 1. The maximum atomic E-state index is 9.62. The summed E-state index contributed by atoms with van der Waals surface area (Å²) in [6.45, 7) is 5.41. The number of anilines is 3. The molecule has 0 radical (unpaired) electrons. The summed E-state index contributed by atoms with van der Waals surface area (Å²) in [4.78, 5) is 20.0. The first-order valence-corrected chi connectivity index (χ1v) is 10.4. The van der Waals surface area contributed by atoms with Crippen LogP contribution in [0.2, 0.25) is 0 Å². The van der Waals surface area contributed by atoms with Crippen LogP contribution in [-0.2, 0) is 11.3 Å². The number of hydrogen-bond acceptors (Lipinski definition) is 8. The van der Waals surface area contributed by atoms with Crippen LogP contribution in [0.25, 0.3) is 11.0 Å². The number of nitrogens with one attached hydrogen (secondary N) is 1. The molecule has 0 saturated carbocycles. The molecule has 2 atom stereocenters. The molecular formula is C20H26ClN7O2. The van der Waals surface area contributed by atoms with E-state index in [1.807, 2.05) is 10.6 Å². The number of hydrogen-bond donors (Lipinski definition) is 2. The molecule has 1 saturated heterocycles. The summed E-state index contributed by atoms with van der Waals surface area (Å²) in [5.41, 5.74) is 1.66. The number of rotatable bonds is 6. The van der Waals surface area contributed by atoms with Gasteiger partial charge in [-0.25, -0.2) is 15.0 Å². The highest BCUT2D eigenvalue weighted by Crippen LogP contribution is 2.26. The lowest BCUT2D eigenvalue weighted by atomic mass is 10.1. The Morgan fingerprint density at radius 1 is 1.30 bits per heavy atom. The molecule has 30 heavy (non-hydrogen) atoms. The van der Waals surface area contributed by atoms with E-state index < -0.39 is 0 Å². The van der Waals surface area contributed by atoms with Gasteiger partial charge in [0.25, 0.3) is 0 Å². The van der Waals surface area contributed by atoms with Crippen molar-refractivity contribution in [1.29, 1.82) is 0 Å². The van der Waals surface area contributed by atoms with E-state index in [0.29, 0.717) is 30.0 Å². The summed E-state index contributed by atoms with van der Waals surface area (Å²) in [7, 11) is 1.69. The van der Waals surface area contributed by atoms with E-state index in [4.69, 9.17) is 16.3 Å². The number of imidazole rings is 1. The van der Waals surface area contributed by atoms with Crippen LogP contribution in [0.3, 0.4) is 0 Å². The molecule has 0 bridgehead atoms. The Morgan fingerprint density at radius 2 is 2.13 bits per heavy atom. The van der Waals surface area contributed by atoms with Gasteiger partial charge in [-0.05, 0) is 26.3 Å². The first kappa shape index (κ1) is 20.8. The van der Waals surface area contributed by atoms with Crippen molar-refractivity contribution in [3.63, 3.8) is 0 Å². The molecule has 0 amide bonds. The number of aliphatic hydroxyl groups is 1. The molecule has 3 aromatic rings. The van der Waals surface area contributed by atoms with E-state index in [-0.39, 0.29) is 24.1 Å². The van der Waals surface area contributed by atoms with Crippen LogP contribution in [0.1, 0.15) is 32.1 Å². The third kappa shape index (κ3) is 4.05. The zero-order chi connectivity index (χ0) is 21.3. The second-order valence-electron chi connectivity index (χ2n) is 7.60. The lowest BCUT2D eigenvalue weighted by Gasteiger charge is -2.34. The Bertz CT molecular complexity index is 1030. The average Bonchev–Trinajstić information content (AvgIpc) is 3.12. The van der Waals surface area contributed by atoms with Gasteiger partial charge in [-0.15, -0.1) is 11.6 Å². The lowest BCUT2D eigenvalue weighted by molar-refractivity contribution is 0.0849. The molecule has 1 aliphatic rings. The van der Waals surface area contributed by atoms with Crippen LogP contribution in [0.4, 0.5) is 17.6 Å². The summed E-state index contributed by atoms with van der Waals surface area (Å²) < 4.78 is 7.43. The van der Waals surface area contributed by atoms with Crippen LogP contribution in [0.5, 0.6) is 0 Å². The van der Waals surface area contributed by atoms with Gasteiger partial charge in [0, 0.05) is 38.5 Å². The number of methoxy groups -OCH3 is 1. The van der Waals surface area contributed by atoms with Gasteiger partial charge in [0.2, 0.25) is 5.95 Å². The van der Waals surface area contributed by atoms with Crippen LogP contribution in [-0.4, -0.2) is 61.3 Å². The third-order valence-electron chi connectivity index (χ3n) is 5.27. The van der Waals surface area contributed by atoms with Gasteiger partial charge in [-0.3, -0.25) is 0 Å². The Labute approximate surface area is 180 Å². The zero-order valence-corrected chi connectivity index (χ0v) is 18.0. The molecule has 1 aliphatic heterocycles. The molecule has 2 N–H and O–H groups in total. The molecular weight excluding hydrogens is 406 g/mol. The predicted molar refractivity (Wildman–Crippen MR) is 116 cm³/mol. The van der Waals surface area contributed by atoms with Crippen LogP contribution in [0.15, 0.2) is 24.5 Å². The highest BCUT2D eigenvalue weighted by atomic mass is 35.5. The minimum Gasteiger partial charge on any atom is -0.388 e. The number of pyridine rings is 1. The Morgan fingerprint density at radius 3 is 2.83 bits per heavy atom. The number of nitrogens with zero attached hydrogens (tertiary/aromatic N) is 6. The number of halogens is 1. The lowest BCUT2D eigenvalue weighted by Crippen LogP contribution is -2.45. The Balaban J connectivity index is 1.57. The van der Waals surface area contributed by atoms with Crippen molar-refractivity contribution in [2.24, 2.45) is 0 Å². The fraction of sp³-hybridized carbons (Fsp3) is 0.500. The summed E-state index contributed by atoms with van der Waals surface area (Å²) in [6, 6.07) is 3.88. The van der Waals surface area contributed by atoms with Gasteiger partial charge in [-0.1, -0.05) is 0 Å². The fourth-order valence-corrected chi connectivity index (χ4v) is 4.23. The van der Waals surface area contributed by atoms with E-state index in [9.17, 15) is 5.11 Å². The number of alkyl halides is 1. The van der Waals surface area contributed by atoms with Gasteiger partial charge in [0.15, 0.2) is 0 Å². The average molecular weight is 432 g/mol. The van der Waals surface area contributed by atoms with Gasteiger partial charge >= 0.3 is 0 Å². The van der Waals surface area contributed by atoms with Crippen LogP contribution in [0, 0.1) is 0 Å². The van der Waals surface area contributed by atoms with E-state index in [0.717, 1.165) is 24.0 Å². The van der Waals surface area contributed by atoms with Gasteiger partial charge in [0.1, 0.15) is 29.6 Å². The number of aliphatic hydroxyl groups excluding tert-OH is 1. The van der Waals surface area contributed by atoms with Gasteiger partial charge in [0.05, 0.1) is 23.2 Å². The molecule has 0 spiro atoms. The normalized spacial score (nSPS) is 19.6. The number of fused-ring (bicyclic) bond motifs is 1. The van der Waals surface area contributed by atoms with Crippen molar-refractivity contribution in [2.75, 3.05) is 30.4 Å². The van der Waals surface area contributed by atoms with Crippen molar-refractivity contribution in [2.45, 2.75) is 44.4 Å². The molecule has 0 aromatic carbocycles. The molecule has 160 valence electrons. The minimum atomic E-state index is -0.119. The predicted octanol–water partition coefficient (Wildman–Crippen LogP) is 2.87. The smallest absolute Gasteiger partial charge is 0.227 e. The Kier molecular flexibility index (Phi) is 6.03.